The quantitative estimate of drug-likeness (QED) is 0.457. The first kappa shape index (κ1) is 22.5. The van der Waals surface area contributed by atoms with Crippen molar-refractivity contribution in [1.29, 1.82) is 0 Å². The van der Waals surface area contributed by atoms with Gasteiger partial charge in [-0.05, 0) is 23.8 Å². The van der Waals surface area contributed by atoms with Crippen LogP contribution in [0.4, 0.5) is 18.9 Å². The van der Waals surface area contributed by atoms with E-state index in [0.29, 0.717) is 48.4 Å². The number of nitro benzene ring substituents is 1. The third kappa shape index (κ3) is 4.72. The molecule has 0 atom stereocenters. The number of H-pyrrole nitrogens is 1. The van der Waals surface area contributed by atoms with Gasteiger partial charge in [0.05, 0.1) is 28.9 Å². The van der Waals surface area contributed by atoms with E-state index < -0.39 is 16.7 Å². The largest absolute Gasteiger partial charge is 0.490 e. The lowest BCUT2D eigenvalue weighted by molar-refractivity contribution is -0.385. The summed E-state index contributed by atoms with van der Waals surface area (Å²) in [6.45, 7) is 1.25. The van der Waals surface area contributed by atoms with Crippen molar-refractivity contribution in [2.45, 2.75) is 25.7 Å². The maximum Gasteiger partial charge on any atom is 0.416 e. The summed E-state index contributed by atoms with van der Waals surface area (Å²) < 4.78 is 43.4. The van der Waals surface area contributed by atoms with Crippen LogP contribution in [0.2, 0.25) is 0 Å². The molecule has 2 aromatic carbocycles. The molecule has 2 heterocycles. The molecule has 33 heavy (non-hydrogen) atoms. The Kier molecular flexibility index (Phi) is 5.90. The number of nitrogens with zero attached hydrogens (tertiary/aromatic N) is 3. The molecule has 1 aliphatic rings. The zero-order chi connectivity index (χ0) is 23.8. The van der Waals surface area contributed by atoms with E-state index in [2.05, 4.69) is 9.97 Å². The van der Waals surface area contributed by atoms with Gasteiger partial charge in [0.1, 0.15) is 5.82 Å². The molecule has 0 fully saturated rings. The SMILES string of the molecule is COc1ccc(CN2CCc3nc(-c4ccc(C(F)(F)F)cc4)[nH]c(=O)c3C2)cc1[N+](=O)[O-]. The Hall–Kier alpha value is -3.73. The number of nitro groups is 1. The average molecular weight is 460 g/mol. The highest BCUT2D eigenvalue weighted by Crippen LogP contribution is 2.31. The Labute approximate surface area is 185 Å². The molecule has 0 bridgehead atoms. The number of aromatic amines is 1. The molecule has 0 aliphatic carbocycles. The van der Waals surface area contributed by atoms with Crippen molar-refractivity contribution in [3.05, 3.63) is 85.3 Å². The minimum Gasteiger partial charge on any atom is -0.490 e. The molecule has 1 aromatic heterocycles. The summed E-state index contributed by atoms with van der Waals surface area (Å²) in [6.07, 6.45) is -3.98. The first-order valence-corrected chi connectivity index (χ1v) is 9.99. The number of ether oxygens (including phenoxy) is 1. The molecule has 4 rings (SSSR count). The van der Waals surface area contributed by atoms with Gasteiger partial charge in [-0.15, -0.1) is 0 Å². The second-order valence-corrected chi connectivity index (χ2v) is 7.64. The molecule has 0 radical (unpaired) electrons. The Balaban J connectivity index is 1.54. The van der Waals surface area contributed by atoms with Crippen molar-refractivity contribution < 1.29 is 22.8 Å². The first-order valence-electron chi connectivity index (χ1n) is 9.99. The van der Waals surface area contributed by atoms with E-state index in [9.17, 15) is 28.1 Å². The molecule has 0 spiro atoms. The molecular formula is C22H19F3N4O4. The van der Waals surface area contributed by atoms with Crippen LogP contribution in [0.3, 0.4) is 0 Å². The Morgan fingerprint density at radius 1 is 1.21 bits per heavy atom. The number of hydrogen-bond donors (Lipinski definition) is 1. The van der Waals surface area contributed by atoms with E-state index in [1.807, 2.05) is 4.90 Å². The van der Waals surface area contributed by atoms with Crippen molar-refractivity contribution in [2.24, 2.45) is 0 Å². The number of fused-ring (bicyclic) bond motifs is 1. The molecule has 0 amide bonds. The third-order valence-electron chi connectivity index (χ3n) is 5.48. The molecule has 1 N–H and O–H groups in total. The van der Waals surface area contributed by atoms with Crippen molar-refractivity contribution in [1.82, 2.24) is 14.9 Å². The number of hydrogen-bond acceptors (Lipinski definition) is 6. The van der Waals surface area contributed by atoms with Gasteiger partial charge >= 0.3 is 11.9 Å². The van der Waals surface area contributed by atoms with Crippen LogP contribution in [0.5, 0.6) is 5.75 Å². The smallest absolute Gasteiger partial charge is 0.416 e. The molecule has 0 unspecified atom stereocenters. The van der Waals surface area contributed by atoms with Crippen LogP contribution < -0.4 is 10.3 Å². The van der Waals surface area contributed by atoms with Gasteiger partial charge in [0.2, 0.25) is 0 Å². The number of rotatable bonds is 5. The van der Waals surface area contributed by atoms with E-state index in [4.69, 9.17) is 4.74 Å². The molecule has 0 saturated heterocycles. The van der Waals surface area contributed by atoms with Gasteiger partial charge < -0.3 is 9.72 Å². The van der Waals surface area contributed by atoms with E-state index >= 15 is 0 Å². The molecule has 11 heteroatoms. The van der Waals surface area contributed by atoms with E-state index in [-0.39, 0.29) is 22.8 Å². The zero-order valence-corrected chi connectivity index (χ0v) is 17.5. The Morgan fingerprint density at radius 3 is 2.58 bits per heavy atom. The lowest BCUT2D eigenvalue weighted by atomic mass is 10.0. The van der Waals surface area contributed by atoms with E-state index in [0.717, 1.165) is 12.1 Å². The van der Waals surface area contributed by atoms with E-state index in [1.54, 1.807) is 6.07 Å². The van der Waals surface area contributed by atoms with Crippen molar-refractivity contribution in [3.8, 4) is 17.1 Å². The molecule has 0 saturated carbocycles. The van der Waals surface area contributed by atoms with E-state index in [1.165, 1.54) is 31.4 Å². The standard InChI is InChI=1S/C22H19F3N4O4/c1-33-19-7-2-13(10-18(19)29(31)32)11-28-9-8-17-16(12-28)21(30)27-20(26-17)14-3-5-15(6-4-14)22(23,24)25/h2-7,10H,8-9,11-12H2,1H3,(H,26,27,30). The predicted octanol–water partition coefficient (Wildman–Crippen LogP) is 3.93. The summed E-state index contributed by atoms with van der Waals surface area (Å²) in [5, 5.41) is 11.3. The van der Waals surface area contributed by atoms with Crippen molar-refractivity contribution >= 4 is 5.69 Å². The monoisotopic (exact) mass is 460 g/mol. The van der Waals surface area contributed by atoms with Crippen LogP contribution in [0, 0.1) is 10.1 Å². The molecule has 1 aliphatic heterocycles. The number of aromatic nitrogens is 2. The van der Waals surface area contributed by atoms with Crippen LogP contribution >= 0.6 is 0 Å². The van der Waals surface area contributed by atoms with Crippen molar-refractivity contribution in [3.63, 3.8) is 0 Å². The Morgan fingerprint density at radius 2 is 1.94 bits per heavy atom. The minimum absolute atomic E-state index is 0.131. The fraction of sp³-hybridized carbons (Fsp3) is 0.273. The van der Waals surface area contributed by atoms with Crippen LogP contribution in [-0.2, 0) is 25.7 Å². The molecule has 3 aromatic rings. The normalized spacial score (nSPS) is 14.1. The van der Waals surface area contributed by atoms with Crippen molar-refractivity contribution in [2.75, 3.05) is 13.7 Å². The highest BCUT2D eigenvalue weighted by molar-refractivity contribution is 5.56. The minimum atomic E-state index is -4.44. The summed E-state index contributed by atoms with van der Waals surface area (Å²) >= 11 is 0. The highest BCUT2D eigenvalue weighted by Gasteiger charge is 2.30. The Bertz CT molecular complexity index is 1260. The van der Waals surface area contributed by atoms with Gasteiger partial charge in [0.25, 0.3) is 5.56 Å². The molecule has 8 nitrogen and oxygen atoms in total. The molecular weight excluding hydrogens is 441 g/mol. The number of methoxy groups -OCH3 is 1. The van der Waals surface area contributed by atoms with Gasteiger partial charge in [-0.3, -0.25) is 19.8 Å². The second-order valence-electron chi connectivity index (χ2n) is 7.64. The van der Waals surface area contributed by atoms with Gasteiger partial charge in [0, 0.05) is 37.7 Å². The summed E-state index contributed by atoms with van der Waals surface area (Å²) in [6, 6.07) is 9.17. The number of halogens is 3. The third-order valence-corrected chi connectivity index (χ3v) is 5.48. The zero-order valence-electron chi connectivity index (χ0n) is 17.5. The summed E-state index contributed by atoms with van der Waals surface area (Å²) in [5.74, 6) is 0.385. The van der Waals surface area contributed by atoms with Gasteiger partial charge in [-0.2, -0.15) is 13.2 Å². The van der Waals surface area contributed by atoms with Gasteiger partial charge in [-0.25, -0.2) is 4.98 Å². The fourth-order valence-electron chi connectivity index (χ4n) is 3.80. The fourth-order valence-corrected chi connectivity index (χ4v) is 3.80. The molecule has 172 valence electrons. The topological polar surface area (TPSA) is 101 Å². The predicted molar refractivity (Wildman–Crippen MR) is 113 cm³/mol. The lowest BCUT2D eigenvalue weighted by Gasteiger charge is -2.27. The lowest BCUT2D eigenvalue weighted by Crippen LogP contribution is -2.35. The van der Waals surface area contributed by atoms with Crippen LogP contribution in [-0.4, -0.2) is 33.4 Å². The summed E-state index contributed by atoms with van der Waals surface area (Å²) in [7, 11) is 1.36. The summed E-state index contributed by atoms with van der Waals surface area (Å²) in [5.41, 5.74) is 0.882. The highest BCUT2D eigenvalue weighted by atomic mass is 19.4. The number of nitrogens with one attached hydrogen (secondary N) is 1. The number of alkyl halides is 3. The summed E-state index contributed by atoms with van der Waals surface area (Å²) in [4.78, 5) is 32.5. The van der Waals surface area contributed by atoms with Crippen LogP contribution in [0.1, 0.15) is 22.4 Å². The van der Waals surface area contributed by atoms with Crippen LogP contribution in [0.15, 0.2) is 47.3 Å². The van der Waals surface area contributed by atoms with Gasteiger partial charge in [-0.1, -0.05) is 18.2 Å². The second kappa shape index (κ2) is 8.66. The number of benzene rings is 2. The van der Waals surface area contributed by atoms with Gasteiger partial charge in [0.15, 0.2) is 5.75 Å². The van der Waals surface area contributed by atoms with Crippen LogP contribution in [0.25, 0.3) is 11.4 Å². The first-order chi connectivity index (χ1) is 15.7. The average Bonchev–Trinajstić information content (AvgIpc) is 2.78. The maximum absolute atomic E-state index is 12.8. The maximum atomic E-state index is 12.8.